The van der Waals surface area contributed by atoms with Gasteiger partial charge in [0, 0.05) is 40.0 Å². The molecule has 0 spiro atoms. The van der Waals surface area contributed by atoms with Gasteiger partial charge >= 0.3 is 0 Å². The molecule has 0 aliphatic rings. The fraction of sp³-hybridized carbons (Fsp3) is 0.450. The van der Waals surface area contributed by atoms with Crippen LogP contribution in [0.1, 0.15) is 29.9 Å². The van der Waals surface area contributed by atoms with Crippen LogP contribution in [0.2, 0.25) is 0 Å². The van der Waals surface area contributed by atoms with E-state index in [9.17, 15) is 13.2 Å². The predicted molar refractivity (Wildman–Crippen MR) is 111 cm³/mol. The minimum Gasteiger partial charge on any atom is -0.491 e. The third kappa shape index (κ3) is 5.81. The maximum absolute atomic E-state index is 12.6. The van der Waals surface area contributed by atoms with Crippen molar-refractivity contribution in [1.29, 1.82) is 0 Å². The van der Waals surface area contributed by atoms with Crippen molar-refractivity contribution in [3.05, 3.63) is 47.8 Å². The van der Waals surface area contributed by atoms with Gasteiger partial charge in [-0.3, -0.25) is 4.79 Å². The quantitative estimate of drug-likeness (QED) is 0.559. The molecule has 2 rings (SSSR count). The van der Waals surface area contributed by atoms with E-state index < -0.39 is 10.0 Å². The second kappa shape index (κ2) is 10.4. The van der Waals surface area contributed by atoms with E-state index in [2.05, 4.69) is 5.32 Å². The molecule has 0 saturated heterocycles. The highest BCUT2D eigenvalue weighted by atomic mass is 32.2. The van der Waals surface area contributed by atoms with Crippen molar-refractivity contribution in [3.8, 4) is 5.75 Å². The van der Waals surface area contributed by atoms with Crippen LogP contribution in [0.3, 0.4) is 0 Å². The van der Waals surface area contributed by atoms with Gasteiger partial charge in [-0.25, -0.2) is 8.42 Å². The maximum Gasteiger partial charge on any atom is 0.268 e. The third-order valence-electron chi connectivity index (χ3n) is 4.49. The number of carbonyl (C=O) groups excluding carboxylic acids is 1. The fourth-order valence-electron chi connectivity index (χ4n) is 2.83. The van der Waals surface area contributed by atoms with Crippen LogP contribution in [0.5, 0.6) is 5.75 Å². The lowest BCUT2D eigenvalue weighted by molar-refractivity contribution is 0.0942. The number of rotatable bonds is 11. The second-order valence-corrected chi connectivity index (χ2v) is 8.37. The predicted octanol–water partition coefficient (Wildman–Crippen LogP) is 2.01. The molecule has 160 valence electrons. The molecule has 0 atom stereocenters. The van der Waals surface area contributed by atoms with Crippen LogP contribution in [0.15, 0.2) is 41.4 Å². The second-order valence-electron chi connectivity index (χ2n) is 6.43. The van der Waals surface area contributed by atoms with Crippen molar-refractivity contribution < 1.29 is 22.7 Å². The molecule has 0 saturated carbocycles. The maximum atomic E-state index is 12.6. The molecule has 2 aromatic rings. The zero-order chi connectivity index (χ0) is 21.4. The Balaban J connectivity index is 2.02. The van der Waals surface area contributed by atoms with Gasteiger partial charge in [0.2, 0.25) is 10.0 Å². The number of benzene rings is 1. The summed E-state index contributed by atoms with van der Waals surface area (Å²) < 4.78 is 38.6. The Morgan fingerprint density at radius 2 is 1.79 bits per heavy atom. The van der Waals surface area contributed by atoms with E-state index in [0.717, 1.165) is 11.3 Å². The number of ether oxygens (including phenoxy) is 2. The van der Waals surface area contributed by atoms with Gasteiger partial charge in [0.15, 0.2) is 0 Å². The van der Waals surface area contributed by atoms with Gasteiger partial charge < -0.3 is 19.4 Å². The minimum atomic E-state index is -3.61. The van der Waals surface area contributed by atoms with Crippen molar-refractivity contribution in [3.63, 3.8) is 0 Å². The molecular formula is C20H29N3O5S. The van der Waals surface area contributed by atoms with Gasteiger partial charge in [-0.05, 0) is 23.8 Å². The summed E-state index contributed by atoms with van der Waals surface area (Å²) in [6.45, 7) is 5.62. The number of carbonyl (C=O) groups is 1. The van der Waals surface area contributed by atoms with Crippen molar-refractivity contribution in [2.75, 3.05) is 33.4 Å². The number of aryl methyl sites for hydroxylation is 1. The lowest BCUT2D eigenvalue weighted by atomic mass is 10.2. The molecule has 0 bridgehead atoms. The van der Waals surface area contributed by atoms with E-state index in [-0.39, 0.29) is 16.5 Å². The SMILES string of the molecule is CCN(CC)S(=O)(=O)c1cc(C(=O)NCc2ccc(OCCOC)cc2)n(C)c1. The first-order valence-corrected chi connectivity index (χ1v) is 10.9. The largest absolute Gasteiger partial charge is 0.491 e. The first-order chi connectivity index (χ1) is 13.8. The Morgan fingerprint density at radius 1 is 1.14 bits per heavy atom. The molecular weight excluding hydrogens is 394 g/mol. The smallest absolute Gasteiger partial charge is 0.268 e. The monoisotopic (exact) mass is 423 g/mol. The molecule has 0 aliphatic heterocycles. The zero-order valence-corrected chi connectivity index (χ0v) is 18.2. The molecule has 0 fully saturated rings. The molecule has 1 amide bonds. The molecule has 8 nitrogen and oxygen atoms in total. The summed E-state index contributed by atoms with van der Waals surface area (Å²) in [5, 5.41) is 2.82. The van der Waals surface area contributed by atoms with Crippen molar-refractivity contribution in [2.45, 2.75) is 25.3 Å². The molecule has 1 heterocycles. The first kappa shape index (κ1) is 22.9. The Morgan fingerprint density at radius 3 is 2.38 bits per heavy atom. The standard InChI is InChI=1S/C20H29N3O5S/c1-5-23(6-2)29(25,26)18-13-19(22(3)15-18)20(24)21-14-16-7-9-17(10-8-16)28-12-11-27-4/h7-10,13,15H,5-6,11-12,14H2,1-4H3,(H,21,24). The lowest BCUT2D eigenvalue weighted by Crippen LogP contribution is -2.30. The van der Waals surface area contributed by atoms with Crippen LogP contribution < -0.4 is 10.1 Å². The molecule has 0 aliphatic carbocycles. The molecule has 1 aromatic carbocycles. The number of hydrogen-bond acceptors (Lipinski definition) is 5. The molecule has 1 aromatic heterocycles. The Hall–Kier alpha value is -2.36. The van der Waals surface area contributed by atoms with Crippen LogP contribution in [0.25, 0.3) is 0 Å². The first-order valence-electron chi connectivity index (χ1n) is 9.48. The van der Waals surface area contributed by atoms with E-state index in [0.29, 0.717) is 32.8 Å². The lowest BCUT2D eigenvalue weighted by Gasteiger charge is -2.17. The van der Waals surface area contributed by atoms with E-state index in [1.165, 1.54) is 21.1 Å². The fourth-order valence-corrected chi connectivity index (χ4v) is 4.36. The summed E-state index contributed by atoms with van der Waals surface area (Å²) in [7, 11) is -0.338. The van der Waals surface area contributed by atoms with Gasteiger partial charge in [0.25, 0.3) is 5.91 Å². The highest BCUT2D eigenvalue weighted by Crippen LogP contribution is 2.18. The van der Waals surface area contributed by atoms with Crippen LogP contribution in [-0.2, 0) is 28.4 Å². The van der Waals surface area contributed by atoms with Crippen molar-refractivity contribution in [2.24, 2.45) is 7.05 Å². The van der Waals surface area contributed by atoms with Crippen LogP contribution >= 0.6 is 0 Å². The molecule has 0 unspecified atom stereocenters. The Kier molecular flexibility index (Phi) is 8.24. The summed E-state index contributed by atoms with van der Waals surface area (Å²) in [6.07, 6.45) is 1.47. The van der Waals surface area contributed by atoms with Gasteiger partial charge in [0.1, 0.15) is 22.9 Å². The number of aromatic nitrogens is 1. The number of sulfonamides is 1. The van der Waals surface area contributed by atoms with Gasteiger partial charge in [-0.1, -0.05) is 26.0 Å². The third-order valence-corrected chi connectivity index (χ3v) is 6.50. The zero-order valence-electron chi connectivity index (χ0n) is 17.3. The van der Waals surface area contributed by atoms with Gasteiger partial charge in [-0.15, -0.1) is 0 Å². The highest BCUT2D eigenvalue weighted by Gasteiger charge is 2.25. The number of nitrogens with zero attached hydrogens (tertiary/aromatic N) is 2. The van der Waals surface area contributed by atoms with E-state index >= 15 is 0 Å². The normalized spacial score (nSPS) is 11.6. The van der Waals surface area contributed by atoms with Crippen LogP contribution in [0, 0.1) is 0 Å². The van der Waals surface area contributed by atoms with Gasteiger partial charge in [0.05, 0.1) is 6.61 Å². The summed E-state index contributed by atoms with van der Waals surface area (Å²) in [5.41, 5.74) is 1.19. The number of nitrogens with one attached hydrogen (secondary N) is 1. The summed E-state index contributed by atoms with van der Waals surface area (Å²) in [5.74, 6) is 0.389. The van der Waals surface area contributed by atoms with E-state index in [4.69, 9.17) is 9.47 Å². The van der Waals surface area contributed by atoms with E-state index in [1.54, 1.807) is 28.0 Å². The number of amides is 1. The Labute approximate surface area is 172 Å². The minimum absolute atomic E-state index is 0.117. The molecule has 29 heavy (non-hydrogen) atoms. The number of methoxy groups -OCH3 is 1. The Bertz CT molecular complexity index is 903. The topological polar surface area (TPSA) is 89.9 Å². The van der Waals surface area contributed by atoms with Crippen LogP contribution in [0.4, 0.5) is 0 Å². The van der Waals surface area contributed by atoms with Crippen molar-refractivity contribution >= 4 is 15.9 Å². The highest BCUT2D eigenvalue weighted by molar-refractivity contribution is 7.89. The molecule has 9 heteroatoms. The average molecular weight is 424 g/mol. The average Bonchev–Trinajstić information content (AvgIpc) is 3.11. The van der Waals surface area contributed by atoms with E-state index in [1.807, 2.05) is 24.3 Å². The summed E-state index contributed by atoms with van der Waals surface area (Å²) in [6, 6.07) is 8.80. The summed E-state index contributed by atoms with van der Waals surface area (Å²) >= 11 is 0. The molecule has 1 N–H and O–H groups in total. The summed E-state index contributed by atoms with van der Waals surface area (Å²) in [4.78, 5) is 12.7. The van der Waals surface area contributed by atoms with Crippen LogP contribution in [-0.4, -0.2) is 56.6 Å². The van der Waals surface area contributed by atoms with Crippen molar-refractivity contribution in [1.82, 2.24) is 14.2 Å². The van der Waals surface area contributed by atoms with Gasteiger partial charge in [-0.2, -0.15) is 4.31 Å². The molecule has 0 radical (unpaired) electrons. The number of hydrogen-bond donors (Lipinski definition) is 1.